The third-order valence-corrected chi connectivity index (χ3v) is 4.51. The Morgan fingerprint density at radius 2 is 1.50 bits per heavy atom. The maximum absolute atomic E-state index is 12.6. The fourth-order valence-corrected chi connectivity index (χ4v) is 2.94. The van der Waals surface area contributed by atoms with Crippen molar-refractivity contribution in [3.8, 4) is 0 Å². The number of nitrogens with zero attached hydrogens (tertiary/aromatic N) is 2. The lowest BCUT2D eigenvalue weighted by Crippen LogP contribution is -2.50. The predicted molar refractivity (Wildman–Crippen MR) is 93.1 cm³/mol. The van der Waals surface area contributed by atoms with Crippen molar-refractivity contribution in [1.82, 2.24) is 14.8 Å². The summed E-state index contributed by atoms with van der Waals surface area (Å²) in [4.78, 5) is 31.5. The van der Waals surface area contributed by atoms with E-state index < -0.39 is 0 Å². The smallest absolute Gasteiger partial charge is 0.270 e. The van der Waals surface area contributed by atoms with E-state index in [1.807, 2.05) is 35.2 Å². The maximum Gasteiger partial charge on any atom is 0.270 e. The second kappa shape index (κ2) is 6.91. The van der Waals surface area contributed by atoms with Gasteiger partial charge in [-0.1, -0.05) is 26.0 Å². The number of aromatic nitrogens is 1. The van der Waals surface area contributed by atoms with Crippen molar-refractivity contribution in [3.05, 3.63) is 59.4 Å². The minimum atomic E-state index is -0.00612. The summed E-state index contributed by atoms with van der Waals surface area (Å²) >= 11 is 0. The summed E-state index contributed by atoms with van der Waals surface area (Å²) in [5.74, 6) is 0.488. The molecule has 0 bridgehead atoms. The monoisotopic (exact) mass is 325 g/mol. The Bertz CT molecular complexity index is 697. The number of hydrogen-bond donors (Lipinski definition) is 1. The standard InChI is InChI=1S/C19H23N3O2/c1-14(2)15-5-7-16(8-6-15)18(23)21-10-12-22(13-11-21)19(24)17-4-3-9-20-17/h3-9,14,20H,10-13H2,1-2H3. The lowest BCUT2D eigenvalue weighted by molar-refractivity contribution is 0.0532. The van der Waals surface area contributed by atoms with Gasteiger partial charge in [-0.3, -0.25) is 9.59 Å². The summed E-state index contributed by atoms with van der Waals surface area (Å²) in [5, 5.41) is 0. The van der Waals surface area contributed by atoms with E-state index in [0.717, 1.165) is 0 Å². The number of amides is 2. The van der Waals surface area contributed by atoms with Crippen LogP contribution in [0, 0.1) is 0 Å². The van der Waals surface area contributed by atoms with Gasteiger partial charge in [0.1, 0.15) is 5.69 Å². The van der Waals surface area contributed by atoms with Crippen LogP contribution in [0.3, 0.4) is 0 Å². The fourth-order valence-electron chi connectivity index (χ4n) is 2.94. The second-order valence-electron chi connectivity index (χ2n) is 6.44. The van der Waals surface area contributed by atoms with Crippen molar-refractivity contribution < 1.29 is 9.59 Å². The molecule has 0 atom stereocenters. The largest absolute Gasteiger partial charge is 0.357 e. The molecule has 126 valence electrons. The molecule has 1 aliphatic rings. The molecule has 1 fully saturated rings. The van der Waals surface area contributed by atoms with Crippen LogP contribution in [0.2, 0.25) is 0 Å². The Hall–Kier alpha value is -2.56. The normalized spacial score (nSPS) is 15.0. The van der Waals surface area contributed by atoms with Gasteiger partial charge in [0.2, 0.25) is 0 Å². The number of benzene rings is 1. The predicted octanol–water partition coefficient (Wildman–Crippen LogP) is 2.74. The molecule has 0 spiro atoms. The molecule has 5 nitrogen and oxygen atoms in total. The number of rotatable bonds is 3. The van der Waals surface area contributed by atoms with E-state index in [1.54, 1.807) is 17.2 Å². The number of nitrogens with one attached hydrogen (secondary N) is 1. The van der Waals surface area contributed by atoms with Gasteiger partial charge in [-0.05, 0) is 35.7 Å². The molecule has 1 aromatic carbocycles. The van der Waals surface area contributed by atoms with Gasteiger partial charge in [-0.2, -0.15) is 0 Å². The summed E-state index contributed by atoms with van der Waals surface area (Å²) in [6.07, 6.45) is 1.74. The van der Waals surface area contributed by atoms with E-state index in [1.165, 1.54) is 5.56 Å². The van der Waals surface area contributed by atoms with Gasteiger partial charge in [-0.25, -0.2) is 0 Å². The van der Waals surface area contributed by atoms with Crippen LogP contribution in [0.15, 0.2) is 42.6 Å². The minimum Gasteiger partial charge on any atom is -0.357 e. The molecule has 2 aromatic rings. The lowest BCUT2D eigenvalue weighted by Gasteiger charge is -2.34. The van der Waals surface area contributed by atoms with Crippen molar-refractivity contribution in [3.63, 3.8) is 0 Å². The van der Waals surface area contributed by atoms with Gasteiger partial charge in [0.15, 0.2) is 0 Å². The van der Waals surface area contributed by atoms with E-state index in [-0.39, 0.29) is 11.8 Å². The molecule has 5 heteroatoms. The topological polar surface area (TPSA) is 56.4 Å². The summed E-state index contributed by atoms with van der Waals surface area (Å²) in [6, 6.07) is 11.4. The number of carbonyl (C=O) groups is 2. The molecule has 2 amide bonds. The van der Waals surface area contributed by atoms with Crippen molar-refractivity contribution in [2.24, 2.45) is 0 Å². The number of H-pyrrole nitrogens is 1. The average Bonchev–Trinajstić information content (AvgIpc) is 3.15. The number of hydrogen-bond acceptors (Lipinski definition) is 2. The molecule has 3 rings (SSSR count). The SMILES string of the molecule is CC(C)c1ccc(C(=O)N2CCN(C(=O)c3ccc[nH]3)CC2)cc1. The van der Waals surface area contributed by atoms with Gasteiger partial charge >= 0.3 is 0 Å². The van der Waals surface area contributed by atoms with Crippen LogP contribution in [-0.4, -0.2) is 52.8 Å². The Morgan fingerprint density at radius 3 is 2.00 bits per heavy atom. The van der Waals surface area contributed by atoms with E-state index in [2.05, 4.69) is 18.8 Å². The van der Waals surface area contributed by atoms with Crippen LogP contribution in [0.4, 0.5) is 0 Å². The molecule has 0 unspecified atom stereocenters. The van der Waals surface area contributed by atoms with Crippen molar-refractivity contribution in [2.75, 3.05) is 26.2 Å². The molecular weight excluding hydrogens is 302 g/mol. The van der Waals surface area contributed by atoms with Crippen LogP contribution in [0.1, 0.15) is 46.2 Å². The highest BCUT2D eigenvalue weighted by Gasteiger charge is 2.25. The van der Waals surface area contributed by atoms with Gasteiger partial charge < -0.3 is 14.8 Å². The molecule has 1 aromatic heterocycles. The summed E-state index contributed by atoms with van der Waals surface area (Å²) in [7, 11) is 0. The Balaban J connectivity index is 1.60. The summed E-state index contributed by atoms with van der Waals surface area (Å²) in [5.41, 5.74) is 2.54. The van der Waals surface area contributed by atoms with E-state index in [9.17, 15) is 9.59 Å². The summed E-state index contributed by atoms with van der Waals surface area (Å²) in [6.45, 7) is 6.53. The van der Waals surface area contributed by atoms with Crippen LogP contribution in [0.5, 0.6) is 0 Å². The first-order chi connectivity index (χ1) is 11.6. The molecule has 1 N–H and O–H groups in total. The average molecular weight is 325 g/mol. The molecule has 1 aliphatic heterocycles. The first-order valence-corrected chi connectivity index (χ1v) is 8.38. The minimum absolute atomic E-state index is 0.00612. The van der Waals surface area contributed by atoms with Gasteiger partial charge in [-0.15, -0.1) is 0 Å². The van der Waals surface area contributed by atoms with Gasteiger partial charge in [0.05, 0.1) is 0 Å². The lowest BCUT2D eigenvalue weighted by atomic mass is 10.0. The zero-order valence-electron chi connectivity index (χ0n) is 14.2. The molecule has 24 heavy (non-hydrogen) atoms. The third-order valence-electron chi connectivity index (χ3n) is 4.51. The highest BCUT2D eigenvalue weighted by molar-refractivity contribution is 5.95. The highest BCUT2D eigenvalue weighted by Crippen LogP contribution is 2.16. The number of piperazine rings is 1. The quantitative estimate of drug-likeness (QED) is 0.943. The molecule has 0 saturated carbocycles. The number of carbonyl (C=O) groups excluding carboxylic acids is 2. The highest BCUT2D eigenvalue weighted by atomic mass is 16.2. The molecule has 1 saturated heterocycles. The third kappa shape index (κ3) is 3.35. The van der Waals surface area contributed by atoms with Crippen LogP contribution in [-0.2, 0) is 0 Å². The molecule has 2 heterocycles. The van der Waals surface area contributed by atoms with E-state index in [0.29, 0.717) is 43.4 Å². The van der Waals surface area contributed by atoms with Gasteiger partial charge in [0.25, 0.3) is 11.8 Å². The first kappa shape index (κ1) is 16.3. The Kier molecular flexibility index (Phi) is 4.69. The van der Waals surface area contributed by atoms with Gasteiger partial charge in [0, 0.05) is 37.9 Å². The number of aromatic amines is 1. The zero-order valence-corrected chi connectivity index (χ0v) is 14.2. The first-order valence-electron chi connectivity index (χ1n) is 8.38. The Labute approximate surface area is 142 Å². The summed E-state index contributed by atoms with van der Waals surface area (Å²) < 4.78 is 0. The zero-order chi connectivity index (χ0) is 17.1. The van der Waals surface area contributed by atoms with Crippen molar-refractivity contribution in [2.45, 2.75) is 19.8 Å². The molecule has 0 aliphatic carbocycles. The van der Waals surface area contributed by atoms with Crippen molar-refractivity contribution in [1.29, 1.82) is 0 Å². The molecular formula is C19H23N3O2. The second-order valence-corrected chi connectivity index (χ2v) is 6.44. The fraction of sp³-hybridized carbons (Fsp3) is 0.368. The van der Waals surface area contributed by atoms with Crippen LogP contribution < -0.4 is 0 Å². The maximum atomic E-state index is 12.6. The van der Waals surface area contributed by atoms with Crippen LogP contribution >= 0.6 is 0 Å². The molecule has 0 radical (unpaired) electrons. The van der Waals surface area contributed by atoms with Crippen molar-refractivity contribution >= 4 is 11.8 Å². The van der Waals surface area contributed by atoms with Crippen LogP contribution in [0.25, 0.3) is 0 Å². The van der Waals surface area contributed by atoms with E-state index >= 15 is 0 Å². The van der Waals surface area contributed by atoms with E-state index in [4.69, 9.17) is 0 Å². The Morgan fingerprint density at radius 1 is 0.917 bits per heavy atom.